The van der Waals surface area contributed by atoms with Gasteiger partial charge in [0.05, 0.1) is 11.3 Å². The zero-order valence-electron chi connectivity index (χ0n) is 15.8. The van der Waals surface area contributed by atoms with Crippen LogP contribution in [0.5, 0.6) is 0 Å². The summed E-state index contributed by atoms with van der Waals surface area (Å²) >= 11 is 0. The van der Waals surface area contributed by atoms with Crippen molar-refractivity contribution in [1.82, 2.24) is 9.97 Å². The van der Waals surface area contributed by atoms with E-state index in [0.717, 1.165) is 16.9 Å². The molecule has 2 N–H and O–H groups in total. The van der Waals surface area contributed by atoms with Crippen LogP contribution >= 0.6 is 0 Å². The number of Topliss-reactive ketones (excluding diaryl/α,β-unsaturated/α-hetero) is 1. The van der Waals surface area contributed by atoms with Crippen LogP contribution in [0.2, 0.25) is 0 Å². The Bertz CT molecular complexity index is 1030. The molecule has 142 valence electrons. The number of hydrogen-bond donors (Lipinski definition) is 2. The molecule has 0 fully saturated rings. The first-order valence-electron chi connectivity index (χ1n) is 9.29. The molecule has 28 heavy (non-hydrogen) atoms. The van der Waals surface area contributed by atoms with Crippen LogP contribution in [-0.2, 0) is 6.42 Å². The quantitative estimate of drug-likeness (QED) is 0.657. The van der Waals surface area contributed by atoms with E-state index in [-0.39, 0.29) is 17.5 Å². The number of rotatable bonds is 4. The van der Waals surface area contributed by atoms with Gasteiger partial charge < -0.3 is 10.6 Å². The summed E-state index contributed by atoms with van der Waals surface area (Å²) in [5, 5.41) is 6.42. The first-order valence-corrected chi connectivity index (χ1v) is 9.29. The van der Waals surface area contributed by atoms with Crippen molar-refractivity contribution in [3.63, 3.8) is 0 Å². The highest BCUT2D eigenvalue weighted by Crippen LogP contribution is 2.32. The number of benzene rings is 2. The number of anilines is 4. The normalized spacial score (nSPS) is 15.8. The number of para-hydroxylation sites is 1. The van der Waals surface area contributed by atoms with E-state index in [2.05, 4.69) is 20.6 Å². The van der Waals surface area contributed by atoms with Gasteiger partial charge in [-0.3, -0.25) is 4.79 Å². The Balaban J connectivity index is 1.76. The lowest BCUT2D eigenvalue weighted by molar-refractivity contribution is 0.0953. The fraction of sp³-hybridized carbons (Fsp3) is 0.227. The van der Waals surface area contributed by atoms with Crippen molar-refractivity contribution in [2.45, 2.75) is 26.7 Å². The van der Waals surface area contributed by atoms with E-state index in [9.17, 15) is 9.18 Å². The Hall–Kier alpha value is -3.28. The molecule has 6 heteroatoms. The van der Waals surface area contributed by atoms with E-state index in [0.29, 0.717) is 35.9 Å². The van der Waals surface area contributed by atoms with Crippen molar-refractivity contribution >= 4 is 28.9 Å². The molecular formula is C22H21FN4O. The largest absolute Gasteiger partial charge is 0.339 e. The number of fused-ring (bicyclic) bond motifs is 1. The predicted octanol–water partition coefficient (Wildman–Crippen LogP) is 5.18. The third kappa shape index (κ3) is 3.71. The Morgan fingerprint density at radius 1 is 1.00 bits per heavy atom. The third-order valence-corrected chi connectivity index (χ3v) is 4.84. The minimum atomic E-state index is -0.307. The minimum Gasteiger partial charge on any atom is -0.339 e. The highest BCUT2D eigenvalue weighted by Gasteiger charge is 2.28. The number of nitrogens with one attached hydrogen (secondary N) is 2. The monoisotopic (exact) mass is 376 g/mol. The number of ketones is 1. The van der Waals surface area contributed by atoms with Gasteiger partial charge in [0, 0.05) is 17.8 Å². The number of carbonyl (C=O) groups excluding carboxylic acids is 1. The van der Waals surface area contributed by atoms with Crippen LogP contribution < -0.4 is 10.6 Å². The number of carbonyl (C=O) groups is 1. The second-order valence-electron chi connectivity index (χ2n) is 7.23. The zero-order valence-corrected chi connectivity index (χ0v) is 15.8. The van der Waals surface area contributed by atoms with Crippen LogP contribution in [0, 0.1) is 18.7 Å². The van der Waals surface area contributed by atoms with E-state index in [1.54, 1.807) is 12.1 Å². The third-order valence-electron chi connectivity index (χ3n) is 4.84. The van der Waals surface area contributed by atoms with E-state index in [1.807, 2.05) is 38.1 Å². The Labute approximate surface area is 163 Å². The fourth-order valence-electron chi connectivity index (χ4n) is 3.42. The average molecular weight is 376 g/mol. The predicted molar refractivity (Wildman–Crippen MR) is 108 cm³/mol. The van der Waals surface area contributed by atoms with E-state index in [4.69, 9.17) is 0 Å². The van der Waals surface area contributed by atoms with Crippen molar-refractivity contribution < 1.29 is 9.18 Å². The molecule has 0 saturated heterocycles. The standard InChI is InChI=1S/C22H21FN4O/c1-13-11-18-20(19(28)12-13)21(25-17-6-4-3-5-14(17)2)27-22(26-18)24-16-9-7-15(23)8-10-16/h3-10,13H,11-12H2,1-2H3,(H2,24,25,26,27). The molecule has 2 aromatic carbocycles. The molecule has 5 nitrogen and oxygen atoms in total. The Kier molecular flexibility index (Phi) is 4.77. The van der Waals surface area contributed by atoms with Crippen LogP contribution in [0.3, 0.4) is 0 Å². The van der Waals surface area contributed by atoms with Crippen molar-refractivity contribution in [2.75, 3.05) is 10.6 Å². The molecule has 1 heterocycles. The lowest BCUT2D eigenvalue weighted by Crippen LogP contribution is -2.22. The van der Waals surface area contributed by atoms with Gasteiger partial charge in [0.1, 0.15) is 11.6 Å². The van der Waals surface area contributed by atoms with Crippen molar-refractivity contribution in [3.05, 3.63) is 71.2 Å². The second kappa shape index (κ2) is 7.38. The molecule has 3 aromatic rings. The summed E-state index contributed by atoms with van der Waals surface area (Å²) in [5.74, 6) is 0.862. The highest BCUT2D eigenvalue weighted by molar-refractivity contribution is 6.03. The van der Waals surface area contributed by atoms with Gasteiger partial charge in [-0.2, -0.15) is 4.98 Å². The molecular weight excluding hydrogens is 355 g/mol. The van der Waals surface area contributed by atoms with E-state index in [1.165, 1.54) is 12.1 Å². The van der Waals surface area contributed by atoms with Crippen LogP contribution in [0.4, 0.5) is 27.5 Å². The first kappa shape index (κ1) is 18.1. The molecule has 0 spiro atoms. The summed E-state index contributed by atoms with van der Waals surface area (Å²) in [5.41, 5.74) is 3.92. The number of hydrogen-bond acceptors (Lipinski definition) is 5. The molecule has 1 aliphatic rings. The summed E-state index contributed by atoms with van der Waals surface area (Å²) in [6, 6.07) is 13.8. The molecule has 4 rings (SSSR count). The van der Waals surface area contributed by atoms with Crippen LogP contribution in [0.15, 0.2) is 48.5 Å². The highest BCUT2D eigenvalue weighted by atomic mass is 19.1. The van der Waals surface area contributed by atoms with Gasteiger partial charge in [0.15, 0.2) is 5.78 Å². The number of nitrogens with zero attached hydrogens (tertiary/aromatic N) is 2. The molecule has 0 radical (unpaired) electrons. The number of aryl methyl sites for hydroxylation is 1. The molecule has 0 bridgehead atoms. The summed E-state index contributed by atoms with van der Waals surface area (Å²) < 4.78 is 13.2. The first-order chi connectivity index (χ1) is 13.5. The molecule has 1 atom stereocenters. The lowest BCUT2D eigenvalue weighted by atomic mass is 9.87. The maximum Gasteiger partial charge on any atom is 0.229 e. The smallest absolute Gasteiger partial charge is 0.229 e. The summed E-state index contributed by atoms with van der Waals surface area (Å²) in [6.45, 7) is 4.04. The van der Waals surface area contributed by atoms with E-state index >= 15 is 0 Å². The van der Waals surface area contributed by atoms with E-state index < -0.39 is 0 Å². The lowest BCUT2D eigenvalue weighted by Gasteiger charge is -2.23. The molecule has 1 aliphatic carbocycles. The molecule has 1 unspecified atom stereocenters. The number of halogens is 1. The van der Waals surface area contributed by atoms with Crippen LogP contribution in [0.1, 0.15) is 35.0 Å². The average Bonchev–Trinajstić information content (AvgIpc) is 2.65. The fourth-order valence-corrected chi connectivity index (χ4v) is 3.42. The van der Waals surface area contributed by atoms with Gasteiger partial charge in [-0.15, -0.1) is 0 Å². The Morgan fingerprint density at radius 2 is 1.75 bits per heavy atom. The summed E-state index contributed by atoms with van der Waals surface area (Å²) in [4.78, 5) is 21.9. The van der Waals surface area contributed by atoms with Gasteiger partial charge in [-0.05, 0) is 55.2 Å². The second-order valence-corrected chi connectivity index (χ2v) is 7.23. The van der Waals surface area contributed by atoms with Gasteiger partial charge in [0.2, 0.25) is 5.95 Å². The molecule has 1 aromatic heterocycles. The molecule has 0 saturated carbocycles. The zero-order chi connectivity index (χ0) is 19.7. The van der Waals surface area contributed by atoms with Gasteiger partial charge in [-0.25, -0.2) is 9.37 Å². The van der Waals surface area contributed by atoms with Crippen molar-refractivity contribution in [2.24, 2.45) is 5.92 Å². The topological polar surface area (TPSA) is 66.9 Å². The summed E-state index contributed by atoms with van der Waals surface area (Å²) in [7, 11) is 0. The van der Waals surface area contributed by atoms with Gasteiger partial charge >= 0.3 is 0 Å². The maximum absolute atomic E-state index is 13.2. The van der Waals surface area contributed by atoms with Gasteiger partial charge in [-0.1, -0.05) is 25.1 Å². The van der Waals surface area contributed by atoms with Crippen LogP contribution in [0.25, 0.3) is 0 Å². The Morgan fingerprint density at radius 3 is 2.50 bits per heavy atom. The maximum atomic E-state index is 13.2. The van der Waals surface area contributed by atoms with Crippen LogP contribution in [-0.4, -0.2) is 15.8 Å². The van der Waals surface area contributed by atoms with Gasteiger partial charge in [0.25, 0.3) is 0 Å². The summed E-state index contributed by atoms with van der Waals surface area (Å²) in [6.07, 6.45) is 1.20. The molecule has 0 amide bonds. The number of aromatic nitrogens is 2. The SMILES string of the molecule is Cc1ccccc1Nc1nc(Nc2ccc(F)cc2)nc2c1C(=O)CC(C)C2. The molecule has 0 aliphatic heterocycles. The van der Waals surface area contributed by atoms with Crippen molar-refractivity contribution in [1.29, 1.82) is 0 Å². The van der Waals surface area contributed by atoms with Crippen molar-refractivity contribution in [3.8, 4) is 0 Å². The minimum absolute atomic E-state index is 0.0539.